The molecule has 4 rings (SSSR count). The number of fused-ring (bicyclic) bond motifs is 3. The van der Waals surface area contributed by atoms with Gasteiger partial charge < -0.3 is 10.2 Å². The number of nitrogens with one attached hydrogen (secondary N) is 2. The Balaban J connectivity index is 1.56. The number of carbonyl (C=O) groups is 3. The molecule has 1 unspecified atom stereocenters. The van der Waals surface area contributed by atoms with Gasteiger partial charge in [-0.25, -0.2) is 0 Å². The molecule has 8 nitrogen and oxygen atoms in total. The quantitative estimate of drug-likeness (QED) is 0.864. The van der Waals surface area contributed by atoms with Crippen LogP contribution in [0.15, 0.2) is 30.3 Å². The van der Waals surface area contributed by atoms with Crippen LogP contribution in [0, 0.1) is 6.92 Å². The lowest BCUT2D eigenvalue weighted by Crippen LogP contribution is -2.62. The van der Waals surface area contributed by atoms with E-state index in [1.807, 2.05) is 19.9 Å². The second kappa shape index (κ2) is 6.22. The first-order valence-electron chi connectivity index (χ1n) is 8.96. The fourth-order valence-corrected chi connectivity index (χ4v) is 3.94. The first kappa shape index (κ1) is 17.3. The van der Waals surface area contributed by atoms with Crippen LogP contribution in [-0.4, -0.2) is 45.0 Å². The summed E-state index contributed by atoms with van der Waals surface area (Å²) in [6.45, 7) is 3.96. The van der Waals surface area contributed by atoms with Crippen molar-refractivity contribution in [1.29, 1.82) is 0 Å². The zero-order valence-corrected chi connectivity index (χ0v) is 15.3. The second-order valence-corrected chi connectivity index (χ2v) is 7.15. The minimum atomic E-state index is -0.744. The van der Waals surface area contributed by atoms with Gasteiger partial charge in [0.05, 0.1) is 11.3 Å². The minimum Gasteiger partial charge on any atom is -0.315 e. The fourth-order valence-electron chi connectivity index (χ4n) is 3.94. The number of amides is 3. The van der Waals surface area contributed by atoms with E-state index in [0.29, 0.717) is 29.9 Å². The monoisotopic (exact) mass is 367 g/mol. The van der Waals surface area contributed by atoms with Crippen LogP contribution in [0.2, 0.25) is 0 Å². The largest absolute Gasteiger partial charge is 0.315 e. The van der Waals surface area contributed by atoms with Crippen LogP contribution in [0.25, 0.3) is 0 Å². The number of aromatic nitrogens is 2. The SMILES string of the molecule is Cc1cc(NC(=O)CCN2C(=O)c3ccccc3N3C(=O)CCC23C)n[nH]1. The highest BCUT2D eigenvalue weighted by atomic mass is 16.2. The van der Waals surface area contributed by atoms with Crippen LogP contribution in [0.5, 0.6) is 0 Å². The summed E-state index contributed by atoms with van der Waals surface area (Å²) >= 11 is 0. The Morgan fingerprint density at radius 1 is 1.33 bits per heavy atom. The van der Waals surface area contributed by atoms with Gasteiger partial charge in [0, 0.05) is 31.1 Å². The number of rotatable bonds is 4. The van der Waals surface area contributed by atoms with Crippen LogP contribution >= 0.6 is 0 Å². The molecule has 2 N–H and O–H groups in total. The van der Waals surface area contributed by atoms with Crippen molar-refractivity contribution in [1.82, 2.24) is 15.1 Å². The molecular weight excluding hydrogens is 346 g/mol. The van der Waals surface area contributed by atoms with Gasteiger partial charge in [-0.1, -0.05) is 12.1 Å². The standard InChI is InChI=1S/C19H21N5O3/c1-12-11-15(22-21-12)20-16(25)8-10-23-18(27)13-5-3-4-6-14(13)24-17(26)7-9-19(23,24)2/h3-6,11H,7-10H2,1-2H3,(H2,20,21,22,25). The minimum absolute atomic E-state index is 0.00102. The van der Waals surface area contributed by atoms with Crippen molar-refractivity contribution in [3.63, 3.8) is 0 Å². The van der Waals surface area contributed by atoms with Crippen molar-refractivity contribution in [3.05, 3.63) is 41.6 Å². The summed E-state index contributed by atoms with van der Waals surface area (Å²) in [7, 11) is 0. The van der Waals surface area contributed by atoms with Gasteiger partial charge in [-0.3, -0.25) is 24.4 Å². The maximum atomic E-state index is 13.1. The van der Waals surface area contributed by atoms with E-state index in [4.69, 9.17) is 0 Å². The predicted octanol–water partition coefficient (Wildman–Crippen LogP) is 2.05. The molecule has 8 heteroatoms. The van der Waals surface area contributed by atoms with Gasteiger partial charge in [-0.15, -0.1) is 0 Å². The third-order valence-electron chi connectivity index (χ3n) is 5.28. The Morgan fingerprint density at radius 3 is 2.85 bits per heavy atom. The molecule has 2 aliphatic heterocycles. The first-order chi connectivity index (χ1) is 12.9. The van der Waals surface area contributed by atoms with E-state index in [2.05, 4.69) is 15.5 Å². The van der Waals surface area contributed by atoms with Crippen molar-refractivity contribution >= 4 is 29.2 Å². The summed E-state index contributed by atoms with van der Waals surface area (Å²) in [5.41, 5.74) is 1.25. The van der Waals surface area contributed by atoms with Crippen LogP contribution in [0.3, 0.4) is 0 Å². The number of aryl methyl sites for hydroxylation is 1. The molecule has 140 valence electrons. The topological polar surface area (TPSA) is 98.4 Å². The molecule has 0 bridgehead atoms. The van der Waals surface area contributed by atoms with Crippen molar-refractivity contribution in [2.45, 2.75) is 38.8 Å². The highest BCUT2D eigenvalue weighted by Gasteiger charge is 2.52. The van der Waals surface area contributed by atoms with Crippen LogP contribution < -0.4 is 10.2 Å². The molecule has 0 spiro atoms. The van der Waals surface area contributed by atoms with Crippen molar-refractivity contribution in [3.8, 4) is 0 Å². The van der Waals surface area contributed by atoms with E-state index >= 15 is 0 Å². The summed E-state index contributed by atoms with van der Waals surface area (Å²) < 4.78 is 0. The number of H-pyrrole nitrogens is 1. The Labute approximate surface area is 156 Å². The lowest BCUT2D eigenvalue weighted by molar-refractivity contribution is -0.117. The summed E-state index contributed by atoms with van der Waals surface area (Å²) in [4.78, 5) is 41.2. The third kappa shape index (κ3) is 2.77. The molecule has 1 fully saturated rings. The van der Waals surface area contributed by atoms with E-state index in [-0.39, 0.29) is 30.7 Å². The predicted molar refractivity (Wildman–Crippen MR) is 99.2 cm³/mol. The Hall–Kier alpha value is -3.16. The first-order valence-corrected chi connectivity index (χ1v) is 8.96. The third-order valence-corrected chi connectivity index (χ3v) is 5.28. The lowest BCUT2D eigenvalue weighted by Gasteiger charge is -2.48. The molecule has 1 aromatic carbocycles. The van der Waals surface area contributed by atoms with Gasteiger partial charge in [-0.2, -0.15) is 5.10 Å². The Morgan fingerprint density at radius 2 is 2.11 bits per heavy atom. The molecule has 27 heavy (non-hydrogen) atoms. The number of aromatic amines is 1. The number of carbonyl (C=O) groups excluding carboxylic acids is 3. The fraction of sp³-hybridized carbons (Fsp3) is 0.368. The number of anilines is 2. The number of para-hydroxylation sites is 1. The van der Waals surface area contributed by atoms with Crippen LogP contribution in [0.1, 0.15) is 42.2 Å². The molecule has 1 saturated heterocycles. The van der Waals surface area contributed by atoms with E-state index in [0.717, 1.165) is 5.69 Å². The molecule has 1 aromatic heterocycles. The van der Waals surface area contributed by atoms with Gasteiger partial charge in [0.1, 0.15) is 5.66 Å². The van der Waals surface area contributed by atoms with Crippen molar-refractivity contribution in [2.24, 2.45) is 0 Å². The zero-order chi connectivity index (χ0) is 19.2. The van der Waals surface area contributed by atoms with Gasteiger partial charge in [0.15, 0.2) is 5.82 Å². The van der Waals surface area contributed by atoms with E-state index in [9.17, 15) is 14.4 Å². The van der Waals surface area contributed by atoms with Gasteiger partial charge in [0.25, 0.3) is 5.91 Å². The average Bonchev–Trinajstić information content (AvgIpc) is 3.18. The number of hydrogen-bond acceptors (Lipinski definition) is 4. The Kier molecular flexibility index (Phi) is 3.98. The van der Waals surface area contributed by atoms with Crippen LogP contribution in [0.4, 0.5) is 11.5 Å². The highest BCUT2D eigenvalue weighted by molar-refractivity contribution is 6.10. The van der Waals surface area contributed by atoms with Crippen LogP contribution in [-0.2, 0) is 9.59 Å². The Bertz CT molecular complexity index is 937. The van der Waals surface area contributed by atoms with E-state index in [1.54, 1.807) is 34.1 Å². The van der Waals surface area contributed by atoms with Gasteiger partial charge in [0.2, 0.25) is 11.8 Å². The zero-order valence-electron chi connectivity index (χ0n) is 15.3. The van der Waals surface area contributed by atoms with Gasteiger partial charge in [-0.05, 0) is 32.4 Å². The molecule has 0 saturated carbocycles. The normalized spacial score (nSPS) is 21.3. The molecule has 0 radical (unpaired) electrons. The molecule has 3 amide bonds. The molecule has 3 heterocycles. The lowest BCUT2D eigenvalue weighted by atomic mass is 9.98. The summed E-state index contributed by atoms with van der Waals surface area (Å²) in [6, 6.07) is 8.87. The number of hydrogen-bond donors (Lipinski definition) is 2. The molecule has 2 aromatic rings. The smallest absolute Gasteiger partial charge is 0.257 e. The number of benzene rings is 1. The summed E-state index contributed by atoms with van der Waals surface area (Å²) in [5.74, 6) is 0.0747. The molecule has 2 aliphatic rings. The molecule has 0 aliphatic carbocycles. The van der Waals surface area contributed by atoms with E-state index < -0.39 is 5.66 Å². The van der Waals surface area contributed by atoms with Crippen molar-refractivity contribution in [2.75, 3.05) is 16.8 Å². The molecule has 1 atom stereocenters. The molecular formula is C19H21N5O3. The maximum Gasteiger partial charge on any atom is 0.257 e. The summed E-state index contributed by atoms with van der Waals surface area (Å²) in [5, 5.41) is 9.46. The average molecular weight is 367 g/mol. The van der Waals surface area contributed by atoms with Crippen molar-refractivity contribution < 1.29 is 14.4 Å². The number of nitrogens with zero attached hydrogens (tertiary/aromatic N) is 3. The summed E-state index contributed by atoms with van der Waals surface area (Å²) in [6.07, 6.45) is 1.05. The van der Waals surface area contributed by atoms with Gasteiger partial charge >= 0.3 is 0 Å². The second-order valence-electron chi connectivity index (χ2n) is 7.15. The highest BCUT2D eigenvalue weighted by Crippen LogP contribution is 2.43. The van der Waals surface area contributed by atoms with E-state index in [1.165, 1.54) is 0 Å². The maximum absolute atomic E-state index is 13.1.